The van der Waals surface area contributed by atoms with E-state index in [1.165, 1.54) is 23.9 Å². The molecular weight excluding hydrogens is 271 g/mol. The molecule has 0 fully saturated rings. The van der Waals surface area contributed by atoms with Crippen molar-refractivity contribution in [3.63, 3.8) is 0 Å². The number of hydrogen-bond donors (Lipinski definition) is 1. The molecule has 0 aliphatic rings. The van der Waals surface area contributed by atoms with Crippen LogP contribution in [0, 0.1) is 5.82 Å². The summed E-state index contributed by atoms with van der Waals surface area (Å²) in [5.41, 5.74) is 7.69. The Balaban J connectivity index is 2.05. The van der Waals surface area contributed by atoms with Crippen LogP contribution in [0.3, 0.4) is 0 Å². The van der Waals surface area contributed by atoms with E-state index in [1.807, 2.05) is 36.4 Å². The first-order chi connectivity index (χ1) is 9.76. The molecule has 0 atom stereocenters. The summed E-state index contributed by atoms with van der Waals surface area (Å²) in [5.74, 6) is -0.245. The molecule has 2 N–H and O–H groups in total. The third kappa shape index (κ3) is 2.66. The number of nitrogens with two attached hydrogens (primary N) is 1. The maximum Gasteiger partial charge on any atom is 0.124 e. The lowest BCUT2D eigenvalue weighted by Crippen LogP contribution is -2.00. The minimum absolute atomic E-state index is 0.245. The molecule has 1 aromatic heterocycles. The van der Waals surface area contributed by atoms with E-state index in [0.717, 1.165) is 26.4 Å². The largest absolute Gasteiger partial charge is 0.326 e. The van der Waals surface area contributed by atoms with Gasteiger partial charge in [-0.1, -0.05) is 36.0 Å². The van der Waals surface area contributed by atoms with Gasteiger partial charge in [-0.25, -0.2) is 9.37 Å². The average molecular weight is 284 g/mol. The lowest BCUT2D eigenvalue weighted by Gasteiger charge is -2.08. The second kappa shape index (κ2) is 5.61. The Morgan fingerprint density at radius 2 is 1.90 bits per heavy atom. The molecule has 100 valence electrons. The van der Waals surface area contributed by atoms with Crippen molar-refractivity contribution in [1.82, 2.24) is 4.98 Å². The van der Waals surface area contributed by atoms with Gasteiger partial charge >= 0.3 is 0 Å². The van der Waals surface area contributed by atoms with Crippen LogP contribution in [0.25, 0.3) is 10.9 Å². The van der Waals surface area contributed by atoms with Crippen LogP contribution in [-0.2, 0) is 6.54 Å². The van der Waals surface area contributed by atoms with Gasteiger partial charge in [0.15, 0.2) is 0 Å². The molecule has 0 saturated carbocycles. The summed E-state index contributed by atoms with van der Waals surface area (Å²) in [6.07, 6.45) is 0. The highest BCUT2D eigenvalue weighted by atomic mass is 32.2. The first-order valence-corrected chi connectivity index (χ1v) is 7.10. The van der Waals surface area contributed by atoms with Crippen molar-refractivity contribution in [2.45, 2.75) is 16.5 Å². The molecule has 3 aromatic rings. The first kappa shape index (κ1) is 13.1. The fourth-order valence-electron chi connectivity index (χ4n) is 2.02. The predicted octanol–water partition coefficient (Wildman–Crippen LogP) is 3.98. The number of aromatic nitrogens is 1. The second-order valence-electron chi connectivity index (χ2n) is 4.41. The number of nitrogens with zero attached hydrogens (tertiary/aromatic N) is 1. The van der Waals surface area contributed by atoms with Gasteiger partial charge in [0.2, 0.25) is 0 Å². The van der Waals surface area contributed by atoms with Crippen molar-refractivity contribution >= 4 is 22.7 Å². The highest BCUT2D eigenvalue weighted by Crippen LogP contribution is 2.31. The third-order valence-corrected chi connectivity index (χ3v) is 4.03. The summed E-state index contributed by atoms with van der Waals surface area (Å²) in [6, 6.07) is 16.4. The van der Waals surface area contributed by atoms with Gasteiger partial charge in [0.1, 0.15) is 10.8 Å². The quantitative estimate of drug-likeness (QED) is 0.790. The Hall–Kier alpha value is -1.91. The average Bonchev–Trinajstić information content (AvgIpc) is 2.46. The standard InChI is InChI=1S/C16H13FN2S/c17-13-5-3-6-14(9-13)20-16-12(10-18)8-11-4-1-2-7-15(11)19-16/h1-9H,10,18H2. The number of para-hydroxylation sites is 1. The molecule has 3 rings (SSSR count). The van der Waals surface area contributed by atoms with Crippen molar-refractivity contribution in [2.75, 3.05) is 0 Å². The Labute approximate surface area is 120 Å². The SMILES string of the molecule is NCc1cc2ccccc2nc1Sc1cccc(F)c1. The van der Waals surface area contributed by atoms with E-state index in [9.17, 15) is 4.39 Å². The van der Waals surface area contributed by atoms with E-state index < -0.39 is 0 Å². The van der Waals surface area contributed by atoms with Crippen molar-refractivity contribution in [1.29, 1.82) is 0 Å². The minimum Gasteiger partial charge on any atom is -0.326 e. The molecule has 0 saturated heterocycles. The van der Waals surface area contributed by atoms with Gasteiger partial charge in [-0.05, 0) is 35.9 Å². The van der Waals surface area contributed by atoms with Crippen LogP contribution in [0.1, 0.15) is 5.56 Å². The van der Waals surface area contributed by atoms with E-state index in [1.54, 1.807) is 6.07 Å². The zero-order chi connectivity index (χ0) is 13.9. The Morgan fingerprint density at radius 3 is 2.70 bits per heavy atom. The van der Waals surface area contributed by atoms with E-state index in [-0.39, 0.29) is 5.82 Å². The molecule has 1 heterocycles. The van der Waals surface area contributed by atoms with Crippen molar-refractivity contribution in [3.05, 3.63) is 66.0 Å². The third-order valence-electron chi connectivity index (χ3n) is 2.99. The maximum absolute atomic E-state index is 13.2. The predicted molar refractivity (Wildman–Crippen MR) is 80.2 cm³/mol. The number of hydrogen-bond acceptors (Lipinski definition) is 3. The topological polar surface area (TPSA) is 38.9 Å². The Bertz CT molecular complexity index is 758. The lowest BCUT2D eigenvalue weighted by atomic mass is 10.1. The van der Waals surface area contributed by atoms with Gasteiger partial charge in [0.25, 0.3) is 0 Å². The summed E-state index contributed by atoms with van der Waals surface area (Å²) < 4.78 is 13.2. The molecule has 2 nitrogen and oxygen atoms in total. The van der Waals surface area contributed by atoms with Crippen LogP contribution in [0.15, 0.2) is 64.5 Å². The summed E-state index contributed by atoms with van der Waals surface area (Å²) in [7, 11) is 0. The fourth-order valence-corrected chi connectivity index (χ4v) is 2.98. The van der Waals surface area contributed by atoms with E-state index in [4.69, 9.17) is 5.73 Å². The van der Waals surface area contributed by atoms with Crippen LogP contribution in [0.5, 0.6) is 0 Å². The van der Waals surface area contributed by atoms with Gasteiger partial charge in [-0.2, -0.15) is 0 Å². The molecule has 0 aliphatic carbocycles. The lowest BCUT2D eigenvalue weighted by molar-refractivity contribution is 0.624. The number of pyridine rings is 1. The van der Waals surface area contributed by atoms with Crippen LogP contribution < -0.4 is 5.73 Å². The smallest absolute Gasteiger partial charge is 0.124 e. The van der Waals surface area contributed by atoms with Crippen LogP contribution in [-0.4, -0.2) is 4.98 Å². The summed E-state index contributed by atoms with van der Waals surface area (Å²) in [6.45, 7) is 0.412. The Morgan fingerprint density at radius 1 is 1.05 bits per heavy atom. The summed E-state index contributed by atoms with van der Waals surface area (Å²) in [5, 5.41) is 1.90. The van der Waals surface area contributed by atoms with Gasteiger partial charge in [-0.15, -0.1) is 0 Å². The van der Waals surface area contributed by atoms with Crippen LogP contribution >= 0.6 is 11.8 Å². The van der Waals surface area contributed by atoms with Crippen molar-refractivity contribution in [3.8, 4) is 0 Å². The molecule has 0 spiro atoms. The second-order valence-corrected chi connectivity index (χ2v) is 5.47. The number of halogens is 1. The van der Waals surface area contributed by atoms with E-state index in [0.29, 0.717) is 6.54 Å². The molecule has 0 unspecified atom stereocenters. The molecule has 2 aromatic carbocycles. The van der Waals surface area contributed by atoms with Gasteiger partial charge < -0.3 is 5.73 Å². The number of benzene rings is 2. The van der Waals surface area contributed by atoms with Gasteiger partial charge in [-0.3, -0.25) is 0 Å². The van der Waals surface area contributed by atoms with Crippen LogP contribution in [0.4, 0.5) is 4.39 Å². The molecule has 0 amide bonds. The normalized spacial score (nSPS) is 10.9. The van der Waals surface area contributed by atoms with E-state index in [2.05, 4.69) is 4.98 Å². The minimum atomic E-state index is -0.245. The van der Waals surface area contributed by atoms with Crippen molar-refractivity contribution in [2.24, 2.45) is 5.73 Å². The van der Waals surface area contributed by atoms with Crippen LogP contribution in [0.2, 0.25) is 0 Å². The van der Waals surface area contributed by atoms with E-state index >= 15 is 0 Å². The summed E-state index contributed by atoms with van der Waals surface area (Å²) in [4.78, 5) is 5.45. The fraction of sp³-hybridized carbons (Fsp3) is 0.0625. The highest BCUT2D eigenvalue weighted by molar-refractivity contribution is 7.99. The molecule has 0 bridgehead atoms. The monoisotopic (exact) mass is 284 g/mol. The maximum atomic E-state index is 13.2. The zero-order valence-corrected chi connectivity index (χ0v) is 11.5. The first-order valence-electron chi connectivity index (χ1n) is 6.28. The number of rotatable bonds is 3. The molecule has 20 heavy (non-hydrogen) atoms. The number of fused-ring (bicyclic) bond motifs is 1. The van der Waals surface area contributed by atoms with Crippen molar-refractivity contribution < 1.29 is 4.39 Å². The highest BCUT2D eigenvalue weighted by Gasteiger charge is 2.08. The molecular formula is C16H13FN2S. The summed E-state index contributed by atoms with van der Waals surface area (Å²) >= 11 is 1.44. The molecule has 0 radical (unpaired) electrons. The Kier molecular flexibility index (Phi) is 3.67. The molecule has 4 heteroatoms. The zero-order valence-electron chi connectivity index (χ0n) is 10.7. The van der Waals surface area contributed by atoms with Gasteiger partial charge in [0.05, 0.1) is 5.52 Å². The van der Waals surface area contributed by atoms with Gasteiger partial charge in [0, 0.05) is 16.8 Å². The molecule has 0 aliphatic heterocycles.